The molecule has 1 N–H and O–H groups in total. The largest absolute Gasteiger partial charge is 0.465 e. The first-order chi connectivity index (χ1) is 15.7. The summed E-state index contributed by atoms with van der Waals surface area (Å²) in [6, 6.07) is 9.78. The fraction of sp³-hybridized carbons (Fsp3) is 0.636. The van der Waals surface area contributed by atoms with Gasteiger partial charge in [0.2, 0.25) is 11.6 Å². The maximum atomic E-state index is 11.5. The van der Waals surface area contributed by atoms with Crippen molar-refractivity contribution in [2.24, 2.45) is 4.99 Å². The molecule has 182 valence electrons. The molecule has 0 aliphatic carbocycles. The highest BCUT2D eigenvalue weighted by Gasteiger charge is 2.63. The normalized spacial score (nSPS) is 37.7. The summed E-state index contributed by atoms with van der Waals surface area (Å²) in [5.41, 5.74) is 0.841. The van der Waals surface area contributed by atoms with Gasteiger partial charge in [-0.15, -0.1) is 0 Å². The van der Waals surface area contributed by atoms with Crippen molar-refractivity contribution < 1.29 is 33.6 Å². The van der Waals surface area contributed by atoms with Crippen LogP contribution in [0, 0.1) is 0 Å². The number of carbonyl (C=O) groups is 1. The monoisotopic (exact) mass is 498 g/mol. The first kappa shape index (κ1) is 24.8. The minimum Gasteiger partial charge on any atom is -0.465 e. The van der Waals surface area contributed by atoms with Crippen molar-refractivity contribution in [1.29, 1.82) is 0 Å². The lowest BCUT2D eigenvalue weighted by molar-refractivity contribution is -0.462. The van der Waals surface area contributed by atoms with E-state index in [1.54, 1.807) is 39.8 Å². The van der Waals surface area contributed by atoms with Crippen molar-refractivity contribution in [1.82, 2.24) is 4.90 Å². The van der Waals surface area contributed by atoms with Crippen molar-refractivity contribution in [2.75, 3.05) is 27.0 Å². The van der Waals surface area contributed by atoms with Gasteiger partial charge in [-0.1, -0.05) is 42.1 Å². The number of thioether (sulfide) groups is 2. The summed E-state index contributed by atoms with van der Waals surface area (Å²) in [4.78, 5) is 17.2. The van der Waals surface area contributed by atoms with Crippen LogP contribution in [0.25, 0.3) is 0 Å². The number of fused-ring (bicyclic) bond motifs is 3. The highest BCUT2D eigenvalue weighted by Crippen LogP contribution is 2.48. The minimum atomic E-state index is -1.19. The predicted molar refractivity (Wildman–Crippen MR) is 126 cm³/mol. The molecular weight excluding hydrogens is 468 g/mol. The summed E-state index contributed by atoms with van der Waals surface area (Å²) in [7, 11) is 4.56. The number of hydrogen-bond donors (Lipinski definition) is 1. The average molecular weight is 499 g/mol. The molecule has 2 saturated heterocycles. The van der Waals surface area contributed by atoms with Crippen LogP contribution >= 0.6 is 23.5 Å². The Kier molecular flexibility index (Phi) is 7.30. The van der Waals surface area contributed by atoms with Crippen LogP contribution in [-0.2, 0) is 29.4 Å². The van der Waals surface area contributed by atoms with Crippen molar-refractivity contribution in [3.63, 3.8) is 0 Å². The molecule has 0 bridgehead atoms. The van der Waals surface area contributed by atoms with Gasteiger partial charge in [-0.25, -0.2) is 4.79 Å². The Labute approximate surface area is 202 Å². The van der Waals surface area contributed by atoms with Gasteiger partial charge in [-0.3, -0.25) is 9.89 Å². The van der Waals surface area contributed by atoms with Gasteiger partial charge in [0.05, 0.1) is 6.10 Å². The molecule has 4 rings (SSSR count). The van der Waals surface area contributed by atoms with E-state index < -0.39 is 35.9 Å². The number of hydrogen-bond acceptors (Lipinski definition) is 9. The van der Waals surface area contributed by atoms with E-state index in [0.29, 0.717) is 10.9 Å². The molecule has 0 unspecified atom stereocenters. The van der Waals surface area contributed by atoms with Gasteiger partial charge in [0, 0.05) is 32.8 Å². The van der Waals surface area contributed by atoms with E-state index in [4.69, 9.17) is 23.7 Å². The standard InChI is InChI=1S/C22H30N2O7S2/c1-21(27-4)22(2,28-5)31-17-15-18(33-19(23-15)24(3)20(25)26)29-14(16(17)30-21)12-32-11-13-9-7-6-8-10-13/h6-10,14-18H,11-12H2,1-5H3,(H,25,26)/t14-,15-,16-,17-,18-,21+,22+/m1/s1. The second kappa shape index (κ2) is 9.73. The summed E-state index contributed by atoms with van der Waals surface area (Å²) in [5.74, 6) is -0.858. The Morgan fingerprint density at radius 2 is 1.82 bits per heavy atom. The molecule has 0 radical (unpaired) electrons. The Bertz CT molecular complexity index is 891. The molecule has 1 amide bonds. The number of amidine groups is 1. The zero-order valence-corrected chi connectivity index (χ0v) is 20.9. The Hall–Kier alpha value is -1.34. The van der Waals surface area contributed by atoms with Gasteiger partial charge < -0.3 is 28.8 Å². The van der Waals surface area contributed by atoms with E-state index in [9.17, 15) is 9.90 Å². The SMILES string of the molecule is CO[C@@]1(C)O[C@@H]2[C@H]3N=C(N(C)C(=O)O)S[C@H]3O[C@H](CSCc3ccccc3)[C@H]2O[C@]1(C)OC. The summed E-state index contributed by atoms with van der Waals surface area (Å²) in [6.07, 6.45) is -2.35. The van der Waals surface area contributed by atoms with E-state index in [2.05, 4.69) is 17.1 Å². The topological polar surface area (TPSA) is 99.1 Å². The van der Waals surface area contributed by atoms with Gasteiger partial charge in [0.15, 0.2) is 5.17 Å². The third-order valence-corrected chi connectivity index (χ3v) is 8.70. The maximum absolute atomic E-state index is 11.5. The Balaban J connectivity index is 1.58. The molecule has 33 heavy (non-hydrogen) atoms. The van der Waals surface area contributed by atoms with Crippen LogP contribution in [-0.4, -0.2) is 89.7 Å². The fourth-order valence-electron chi connectivity index (χ4n) is 4.11. The molecule has 3 aliphatic heterocycles. The van der Waals surface area contributed by atoms with Crippen molar-refractivity contribution in [2.45, 2.75) is 61.0 Å². The predicted octanol–water partition coefficient (Wildman–Crippen LogP) is 3.24. The van der Waals surface area contributed by atoms with Crippen LogP contribution in [0.5, 0.6) is 0 Å². The zero-order valence-electron chi connectivity index (χ0n) is 19.3. The van der Waals surface area contributed by atoms with Gasteiger partial charge >= 0.3 is 6.09 Å². The molecule has 9 nitrogen and oxygen atoms in total. The van der Waals surface area contributed by atoms with E-state index in [1.165, 1.54) is 24.4 Å². The van der Waals surface area contributed by atoms with Gasteiger partial charge in [0.25, 0.3) is 0 Å². The molecule has 2 fully saturated rings. The van der Waals surface area contributed by atoms with E-state index in [1.807, 2.05) is 18.2 Å². The smallest absolute Gasteiger partial charge is 0.413 e. The van der Waals surface area contributed by atoms with Crippen LogP contribution in [0.1, 0.15) is 19.4 Å². The average Bonchev–Trinajstić information content (AvgIpc) is 3.24. The molecule has 0 spiro atoms. The zero-order chi connectivity index (χ0) is 23.8. The molecule has 0 saturated carbocycles. The van der Waals surface area contributed by atoms with Crippen LogP contribution in [0.2, 0.25) is 0 Å². The van der Waals surface area contributed by atoms with Gasteiger partial charge in [0.1, 0.15) is 23.7 Å². The molecule has 1 aromatic rings. The molecule has 3 heterocycles. The number of aliphatic imine (C=N–C) groups is 1. The van der Waals surface area contributed by atoms with E-state index in [0.717, 1.165) is 10.7 Å². The summed E-state index contributed by atoms with van der Waals surface area (Å²) < 4.78 is 30.8. The summed E-state index contributed by atoms with van der Waals surface area (Å²) in [5, 5.41) is 9.77. The number of carboxylic acid groups (broad SMARTS) is 1. The first-order valence-electron chi connectivity index (χ1n) is 10.7. The van der Waals surface area contributed by atoms with Crippen molar-refractivity contribution >= 4 is 34.8 Å². The summed E-state index contributed by atoms with van der Waals surface area (Å²) >= 11 is 3.03. The van der Waals surface area contributed by atoms with Crippen LogP contribution < -0.4 is 0 Å². The van der Waals surface area contributed by atoms with Crippen LogP contribution in [0.15, 0.2) is 35.3 Å². The Morgan fingerprint density at radius 3 is 2.42 bits per heavy atom. The highest BCUT2D eigenvalue weighted by molar-refractivity contribution is 8.14. The molecule has 1 aromatic carbocycles. The number of amides is 1. The van der Waals surface area contributed by atoms with Gasteiger partial charge in [-0.2, -0.15) is 11.8 Å². The maximum Gasteiger partial charge on any atom is 0.413 e. The number of methoxy groups -OCH3 is 2. The molecule has 7 atom stereocenters. The molecular formula is C22H30N2O7S2. The van der Waals surface area contributed by atoms with Crippen LogP contribution in [0.3, 0.4) is 0 Å². The molecule has 11 heteroatoms. The lowest BCUT2D eigenvalue weighted by atomic mass is 9.94. The number of nitrogens with zero attached hydrogens (tertiary/aromatic N) is 2. The third kappa shape index (κ3) is 4.64. The lowest BCUT2D eigenvalue weighted by Crippen LogP contribution is -2.71. The molecule has 0 aromatic heterocycles. The third-order valence-electron chi connectivity index (χ3n) is 6.39. The molecule has 3 aliphatic rings. The summed E-state index contributed by atoms with van der Waals surface area (Å²) in [6.45, 7) is 3.55. The number of ether oxygens (including phenoxy) is 5. The highest BCUT2D eigenvalue weighted by atomic mass is 32.2. The minimum absolute atomic E-state index is 0.307. The quantitative estimate of drug-likeness (QED) is 0.634. The second-order valence-corrected chi connectivity index (χ2v) is 10.5. The van der Waals surface area contributed by atoms with Crippen LogP contribution in [0.4, 0.5) is 4.79 Å². The first-order valence-corrected chi connectivity index (χ1v) is 12.7. The Morgan fingerprint density at radius 1 is 1.18 bits per heavy atom. The van der Waals surface area contributed by atoms with Crippen molar-refractivity contribution in [3.05, 3.63) is 35.9 Å². The number of rotatable bonds is 6. The lowest BCUT2D eigenvalue weighted by Gasteiger charge is -2.56. The van der Waals surface area contributed by atoms with Crippen molar-refractivity contribution in [3.8, 4) is 0 Å². The second-order valence-electron chi connectivity index (χ2n) is 8.37. The fourth-order valence-corrected chi connectivity index (χ4v) is 6.34. The van der Waals surface area contributed by atoms with Gasteiger partial charge in [-0.05, 0) is 19.4 Å². The van der Waals surface area contributed by atoms with E-state index in [-0.39, 0.29) is 11.5 Å². The van der Waals surface area contributed by atoms with E-state index >= 15 is 0 Å². The number of benzene rings is 1.